The van der Waals surface area contributed by atoms with E-state index in [-0.39, 0.29) is 12.3 Å². The van der Waals surface area contributed by atoms with Crippen LogP contribution in [0.3, 0.4) is 0 Å². The van der Waals surface area contributed by atoms with E-state index in [0.717, 1.165) is 0 Å². The molecular weight excluding hydrogens is 336 g/mol. The lowest BCUT2D eigenvalue weighted by Crippen LogP contribution is -2.21. The lowest BCUT2D eigenvalue weighted by Gasteiger charge is -2.11. The van der Waals surface area contributed by atoms with Crippen LogP contribution in [0.25, 0.3) is 0 Å². The second-order valence-corrected chi connectivity index (χ2v) is 5.32. The van der Waals surface area contributed by atoms with Gasteiger partial charge in [-0.2, -0.15) is 5.10 Å². The first-order valence-corrected chi connectivity index (χ1v) is 7.79. The summed E-state index contributed by atoms with van der Waals surface area (Å²) >= 11 is 0. The number of aromatic nitrogens is 1. The van der Waals surface area contributed by atoms with E-state index in [1.54, 1.807) is 43.5 Å². The third-order valence-corrected chi connectivity index (χ3v) is 3.37. The molecule has 0 bridgehead atoms. The van der Waals surface area contributed by atoms with Gasteiger partial charge >= 0.3 is 0 Å². The average molecular weight is 356 g/mol. The number of nitrogens with zero attached hydrogens (tertiary/aromatic N) is 2. The number of methoxy groups -OCH3 is 2. The quantitative estimate of drug-likeness (QED) is 0.585. The highest BCUT2D eigenvalue weighted by Crippen LogP contribution is 2.28. The molecule has 8 heteroatoms. The summed E-state index contributed by atoms with van der Waals surface area (Å²) in [5.41, 5.74) is 3.71. The van der Waals surface area contributed by atoms with Gasteiger partial charge in [0, 0.05) is 24.2 Å². The molecule has 2 amide bonds. The fraction of sp³-hybridized carbons (Fsp3) is 0.222. The van der Waals surface area contributed by atoms with Crippen LogP contribution in [0.2, 0.25) is 0 Å². The summed E-state index contributed by atoms with van der Waals surface area (Å²) in [6.07, 6.45) is 3.01. The first-order valence-electron chi connectivity index (χ1n) is 7.79. The van der Waals surface area contributed by atoms with Crippen molar-refractivity contribution in [3.05, 3.63) is 48.3 Å². The molecule has 136 valence electrons. The van der Waals surface area contributed by atoms with E-state index in [1.165, 1.54) is 20.4 Å². The molecule has 26 heavy (non-hydrogen) atoms. The summed E-state index contributed by atoms with van der Waals surface area (Å²) in [5, 5.41) is 6.67. The minimum atomic E-state index is -0.396. The maximum absolute atomic E-state index is 12.2. The topological polar surface area (TPSA) is 102 Å². The zero-order valence-electron chi connectivity index (χ0n) is 14.8. The Labute approximate surface area is 151 Å². The van der Waals surface area contributed by atoms with Gasteiger partial charge in [0.1, 0.15) is 11.5 Å². The summed E-state index contributed by atoms with van der Waals surface area (Å²) in [6.45, 7) is 1.64. The molecule has 0 aliphatic carbocycles. The number of rotatable bonds is 7. The van der Waals surface area contributed by atoms with Crippen molar-refractivity contribution in [2.45, 2.75) is 13.3 Å². The van der Waals surface area contributed by atoms with E-state index in [4.69, 9.17) is 9.47 Å². The van der Waals surface area contributed by atoms with Crippen LogP contribution in [0, 0.1) is 0 Å². The first kappa shape index (κ1) is 18.9. The largest absolute Gasteiger partial charge is 0.497 e. The highest BCUT2D eigenvalue weighted by molar-refractivity contribution is 6.06. The summed E-state index contributed by atoms with van der Waals surface area (Å²) in [5.74, 6) is 0.412. The van der Waals surface area contributed by atoms with Gasteiger partial charge in [-0.25, -0.2) is 5.43 Å². The monoisotopic (exact) mass is 356 g/mol. The lowest BCUT2D eigenvalue weighted by atomic mass is 10.2. The molecule has 2 N–H and O–H groups in total. The van der Waals surface area contributed by atoms with Gasteiger partial charge in [-0.15, -0.1) is 0 Å². The van der Waals surface area contributed by atoms with E-state index < -0.39 is 5.91 Å². The molecule has 0 radical (unpaired) electrons. The summed E-state index contributed by atoms with van der Waals surface area (Å²) in [6, 6.07) is 8.36. The number of hydrazone groups is 1. The number of carbonyl (C=O) groups excluding carboxylic acids is 2. The Balaban J connectivity index is 1.95. The number of hydrogen-bond donors (Lipinski definition) is 2. The molecule has 0 unspecified atom stereocenters. The van der Waals surface area contributed by atoms with Crippen LogP contribution >= 0.6 is 0 Å². The molecule has 2 rings (SSSR count). The molecular formula is C18H20N4O4. The van der Waals surface area contributed by atoms with Crippen molar-refractivity contribution < 1.29 is 19.1 Å². The fourth-order valence-electron chi connectivity index (χ4n) is 2.09. The number of hydrogen-bond acceptors (Lipinski definition) is 6. The maximum Gasteiger partial charge on any atom is 0.272 e. The zero-order chi connectivity index (χ0) is 18.9. The Morgan fingerprint density at radius 3 is 2.65 bits per heavy atom. The first-order chi connectivity index (χ1) is 12.5. The van der Waals surface area contributed by atoms with Crippen molar-refractivity contribution in [2.24, 2.45) is 5.10 Å². The van der Waals surface area contributed by atoms with Crippen molar-refractivity contribution in [3.8, 4) is 11.5 Å². The minimum Gasteiger partial charge on any atom is -0.497 e. The third-order valence-electron chi connectivity index (χ3n) is 3.37. The molecule has 1 heterocycles. The molecule has 2 aromatic rings. The van der Waals surface area contributed by atoms with Gasteiger partial charge in [0.2, 0.25) is 5.91 Å². The van der Waals surface area contributed by atoms with Crippen LogP contribution in [0.4, 0.5) is 5.69 Å². The molecule has 0 aliphatic heterocycles. The van der Waals surface area contributed by atoms with Gasteiger partial charge < -0.3 is 14.8 Å². The highest BCUT2D eigenvalue weighted by Gasteiger charge is 2.11. The lowest BCUT2D eigenvalue weighted by molar-refractivity contribution is -0.115. The molecule has 0 spiro atoms. The van der Waals surface area contributed by atoms with Crippen LogP contribution in [-0.2, 0) is 4.79 Å². The van der Waals surface area contributed by atoms with Crippen molar-refractivity contribution in [1.82, 2.24) is 10.4 Å². The summed E-state index contributed by atoms with van der Waals surface area (Å²) in [4.78, 5) is 27.9. The van der Waals surface area contributed by atoms with E-state index in [2.05, 4.69) is 20.8 Å². The third kappa shape index (κ3) is 5.30. The summed E-state index contributed by atoms with van der Waals surface area (Å²) in [7, 11) is 3.05. The predicted octanol–water partition coefficient (Wildman–Crippen LogP) is 2.23. The molecule has 1 aromatic heterocycles. The van der Waals surface area contributed by atoms with Gasteiger partial charge in [-0.3, -0.25) is 14.6 Å². The van der Waals surface area contributed by atoms with Crippen molar-refractivity contribution in [3.63, 3.8) is 0 Å². The van der Waals surface area contributed by atoms with E-state index in [9.17, 15) is 9.59 Å². The Morgan fingerprint density at radius 1 is 1.19 bits per heavy atom. The van der Waals surface area contributed by atoms with Crippen LogP contribution in [0.1, 0.15) is 23.7 Å². The van der Waals surface area contributed by atoms with Crippen LogP contribution < -0.4 is 20.2 Å². The summed E-state index contributed by atoms with van der Waals surface area (Å²) < 4.78 is 10.4. The van der Waals surface area contributed by atoms with Crippen molar-refractivity contribution in [1.29, 1.82) is 0 Å². The smallest absolute Gasteiger partial charge is 0.272 e. The second kappa shape index (κ2) is 9.16. The normalized spacial score (nSPS) is 10.8. The Bertz CT molecular complexity index is 806. The number of carbonyl (C=O) groups is 2. The van der Waals surface area contributed by atoms with Crippen molar-refractivity contribution >= 4 is 23.2 Å². The number of amides is 2. The van der Waals surface area contributed by atoms with Crippen LogP contribution in [0.15, 0.2) is 47.8 Å². The van der Waals surface area contributed by atoms with Gasteiger partial charge in [0.15, 0.2) is 0 Å². The molecule has 0 fully saturated rings. The van der Waals surface area contributed by atoms with Gasteiger partial charge in [-0.05, 0) is 31.2 Å². The Hall–Kier alpha value is -3.42. The highest BCUT2D eigenvalue weighted by atomic mass is 16.5. The zero-order valence-corrected chi connectivity index (χ0v) is 14.8. The minimum absolute atomic E-state index is 0.00762. The number of anilines is 1. The number of pyridine rings is 1. The van der Waals surface area contributed by atoms with Gasteiger partial charge in [-0.1, -0.05) is 0 Å². The molecule has 1 aromatic carbocycles. The maximum atomic E-state index is 12.2. The van der Waals surface area contributed by atoms with E-state index in [1.807, 2.05) is 0 Å². The molecule has 8 nitrogen and oxygen atoms in total. The molecule has 0 aliphatic rings. The standard InChI is InChI=1S/C18H20N4O4/c1-12(21-22-18(24)13-5-4-8-19-11-13)9-17(23)20-15-10-14(25-2)6-7-16(15)26-3/h4-8,10-11H,9H2,1-3H3,(H,20,23)(H,22,24)/b21-12-. The Kier molecular flexibility index (Phi) is 6.67. The van der Waals surface area contributed by atoms with Crippen LogP contribution in [0.5, 0.6) is 11.5 Å². The average Bonchev–Trinajstić information content (AvgIpc) is 2.66. The number of benzene rings is 1. The van der Waals surface area contributed by atoms with Crippen LogP contribution in [-0.4, -0.2) is 36.7 Å². The van der Waals surface area contributed by atoms with E-state index in [0.29, 0.717) is 28.5 Å². The SMILES string of the molecule is COc1ccc(OC)c(NC(=O)C/C(C)=N\NC(=O)c2cccnc2)c1. The molecule has 0 saturated carbocycles. The number of nitrogens with one attached hydrogen (secondary N) is 2. The van der Waals surface area contributed by atoms with Gasteiger partial charge in [0.25, 0.3) is 5.91 Å². The predicted molar refractivity (Wildman–Crippen MR) is 97.6 cm³/mol. The van der Waals surface area contributed by atoms with Gasteiger partial charge in [0.05, 0.1) is 31.9 Å². The molecule has 0 atom stereocenters. The van der Waals surface area contributed by atoms with Crippen molar-refractivity contribution in [2.75, 3.05) is 19.5 Å². The van der Waals surface area contributed by atoms with E-state index >= 15 is 0 Å². The Morgan fingerprint density at radius 2 is 2.00 bits per heavy atom. The second-order valence-electron chi connectivity index (χ2n) is 5.32. The fourth-order valence-corrected chi connectivity index (χ4v) is 2.09. The molecule has 0 saturated heterocycles. The number of ether oxygens (including phenoxy) is 2.